The van der Waals surface area contributed by atoms with Crippen LogP contribution in [0.5, 0.6) is 5.75 Å². The van der Waals surface area contributed by atoms with Gasteiger partial charge in [0.15, 0.2) is 0 Å². The number of aryl methyl sites for hydroxylation is 2. The highest BCUT2D eigenvalue weighted by Gasteiger charge is 2.31. The summed E-state index contributed by atoms with van der Waals surface area (Å²) in [5.41, 5.74) is 24.0. The number of ether oxygens (including phenoxy) is 1. The Labute approximate surface area is 262 Å². The number of morpholine rings is 1. The first-order chi connectivity index (χ1) is 21.1. The monoisotopic (exact) mass is 602 g/mol. The van der Waals surface area contributed by atoms with Crippen molar-refractivity contribution in [3.05, 3.63) is 81.8 Å². The molecular formula is C35H50N6O3. The molecule has 1 amide bonds. The average molecular weight is 603 g/mol. The summed E-state index contributed by atoms with van der Waals surface area (Å²) in [6.45, 7) is 12.5. The molecule has 3 heterocycles. The highest BCUT2D eigenvalue weighted by atomic mass is 16.5. The van der Waals surface area contributed by atoms with E-state index < -0.39 is 0 Å². The third-order valence-electron chi connectivity index (χ3n) is 9.46. The molecule has 238 valence electrons. The minimum Gasteiger partial charge on any atom is -0.507 e. The van der Waals surface area contributed by atoms with Gasteiger partial charge in [0, 0.05) is 49.5 Å². The number of hydrogen-bond donors (Lipinski definition) is 4. The van der Waals surface area contributed by atoms with Crippen molar-refractivity contribution >= 4 is 11.6 Å². The molecule has 0 aliphatic carbocycles. The van der Waals surface area contributed by atoms with Crippen molar-refractivity contribution in [2.75, 3.05) is 45.8 Å². The Morgan fingerprint density at radius 1 is 0.932 bits per heavy atom. The quantitative estimate of drug-likeness (QED) is 0.347. The number of phenolic OH excluding ortho intramolecular Hbond substituents is 1. The van der Waals surface area contributed by atoms with Crippen molar-refractivity contribution in [1.29, 1.82) is 0 Å². The third-order valence-corrected chi connectivity index (χ3v) is 9.46. The smallest absolute Gasteiger partial charge is 0.254 e. The van der Waals surface area contributed by atoms with Crippen molar-refractivity contribution in [2.45, 2.75) is 65.1 Å². The normalized spacial score (nSPS) is 22.2. The van der Waals surface area contributed by atoms with Crippen molar-refractivity contribution in [3.8, 4) is 5.75 Å². The molecular weight excluding hydrogens is 552 g/mol. The van der Waals surface area contributed by atoms with Gasteiger partial charge in [-0.2, -0.15) is 0 Å². The molecule has 5 rings (SSSR count). The molecule has 3 aliphatic heterocycles. The largest absolute Gasteiger partial charge is 0.507 e. The van der Waals surface area contributed by atoms with E-state index >= 15 is 0 Å². The number of rotatable bonds is 7. The lowest BCUT2D eigenvalue weighted by Gasteiger charge is -2.40. The van der Waals surface area contributed by atoms with Gasteiger partial charge in [0.25, 0.3) is 5.91 Å². The van der Waals surface area contributed by atoms with Crippen LogP contribution < -0.4 is 17.2 Å². The second-order valence-corrected chi connectivity index (χ2v) is 12.9. The lowest BCUT2D eigenvalue weighted by atomic mass is 9.92. The molecule has 0 spiro atoms. The average Bonchev–Trinajstić information content (AvgIpc) is 3.01. The second-order valence-electron chi connectivity index (χ2n) is 12.9. The lowest BCUT2D eigenvalue weighted by Crippen LogP contribution is -2.43. The fourth-order valence-corrected chi connectivity index (χ4v) is 7.03. The minimum absolute atomic E-state index is 0.0898. The van der Waals surface area contributed by atoms with E-state index in [1.807, 2.05) is 37.8 Å². The van der Waals surface area contributed by atoms with E-state index in [-0.39, 0.29) is 29.7 Å². The number of likely N-dealkylation sites (tertiary alicyclic amines) is 2. The molecule has 0 radical (unpaired) electrons. The van der Waals surface area contributed by atoms with Crippen LogP contribution in [0, 0.1) is 19.8 Å². The van der Waals surface area contributed by atoms with Crippen LogP contribution in [0.4, 0.5) is 0 Å². The van der Waals surface area contributed by atoms with Gasteiger partial charge in [-0.3, -0.25) is 4.79 Å². The molecule has 44 heavy (non-hydrogen) atoms. The number of allylic oxidation sites excluding steroid dienone is 1. The number of carbonyl (C=O) groups is 1. The first-order valence-electron chi connectivity index (χ1n) is 16.1. The van der Waals surface area contributed by atoms with E-state index in [2.05, 4.69) is 15.9 Å². The molecule has 0 saturated carbocycles. The van der Waals surface area contributed by atoms with Gasteiger partial charge < -0.3 is 41.7 Å². The fraction of sp³-hybridized carbons (Fsp3) is 0.514. The van der Waals surface area contributed by atoms with E-state index in [1.165, 1.54) is 38.9 Å². The number of nitrogens with zero attached hydrogens (tertiary/aromatic N) is 3. The molecule has 7 N–H and O–H groups in total. The van der Waals surface area contributed by atoms with E-state index in [1.54, 1.807) is 24.3 Å². The number of amides is 1. The Morgan fingerprint density at radius 2 is 1.64 bits per heavy atom. The number of carbonyl (C=O) groups excluding carboxylic acids is 1. The molecule has 2 aromatic carbocycles. The highest BCUT2D eigenvalue weighted by Crippen LogP contribution is 2.33. The van der Waals surface area contributed by atoms with Gasteiger partial charge in [-0.15, -0.1) is 0 Å². The Morgan fingerprint density at radius 3 is 2.32 bits per heavy atom. The van der Waals surface area contributed by atoms with E-state index in [0.717, 1.165) is 48.2 Å². The van der Waals surface area contributed by atoms with Crippen molar-refractivity contribution in [1.82, 2.24) is 14.7 Å². The summed E-state index contributed by atoms with van der Waals surface area (Å²) in [6, 6.07) is 11.0. The maximum Gasteiger partial charge on any atom is 0.254 e. The van der Waals surface area contributed by atoms with Crippen LogP contribution in [0.2, 0.25) is 0 Å². The van der Waals surface area contributed by atoms with Crippen LogP contribution in [0.15, 0.2) is 54.0 Å². The predicted octanol–water partition coefficient (Wildman–Crippen LogP) is 4.20. The summed E-state index contributed by atoms with van der Waals surface area (Å²) in [7, 11) is 0. The third kappa shape index (κ3) is 7.33. The first-order valence-corrected chi connectivity index (χ1v) is 16.1. The summed E-state index contributed by atoms with van der Waals surface area (Å²) >= 11 is 0. The maximum absolute atomic E-state index is 13.7. The number of piperidine rings is 2. The summed E-state index contributed by atoms with van der Waals surface area (Å²) in [6.07, 6.45) is 7.51. The second kappa shape index (κ2) is 13.9. The lowest BCUT2D eigenvalue weighted by molar-refractivity contribution is -0.0686. The molecule has 2 atom stereocenters. The van der Waals surface area contributed by atoms with Crippen molar-refractivity contribution in [3.63, 3.8) is 0 Å². The molecule has 0 aromatic heterocycles. The number of hydrogen-bond acceptors (Lipinski definition) is 8. The zero-order valence-corrected chi connectivity index (χ0v) is 26.6. The van der Waals surface area contributed by atoms with Crippen LogP contribution in [0.1, 0.15) is 77.7 Å². The van der Waals surface area contributed by atoms with Crippen LogP contribution >= 0.6 is 0 Å². The molecule has 9 nitrogen and oxygen atoms in total. The van der Waals surface area contributed by atoms with Gasteiger partial charge in [-0.05, 0) is 106 Å². The van der Waals surface area contributed by atoms with Crippen molar-refractivity contribution in [2.24, 2.45) is 23.1 Å². The van der Waals surface area contributed by atoms with E-state index in [4.69, 9.17) is 21.9 Å². The van der Waals surface area contributed by atoms with Gasteiger partial charge in [0.2, 0.25) is 0 Å². The maximum atomic E-state index is 13.7. The number of para-hydroxylation sites is 1. The van der Waals surface area contributed by atoms with E-state index in [9.17, 15) is 9.90 Å². The van der Waals surface area contributed by atoms with Crippen LogP contribution in [0.25, 0.3) is 5.70 Å². The summed E-state index contributed by atoms with van der Waals surface area (Å²) in [5.74, 6) is 1.04. The summed E-state index contributed by atoms with van der Waals surface area (Å²) < 4.78 is 6.43. The first kappa shape index (κ1) is 31.7. The summed E-state index contributed by atoms with van der Waals surface area (Å²) in [5, 5.41) is 10.3. The Bertz CT molecular complexity index is 1390. The standard InChI is InChI=1S/C35H50N6O3/c1-23-18-29(35(43)40-15-11-26(12-16-40)21-39-13-7-4-8-14-39)24(2)17-28(23)33-22-41(20-25(3)44-33)31(34(37)38)19-30(36)27-9-5-6-10-32(27)42/h5-6,9-10,17-19,25-26,33,42H,4,7-8,11-16,20-22,36-38H2,1-3H3/b30-19-. The molecule has 3 aliphatic rings. The topological polar surface area (TPSA) is 134 Å². The highest BCUT2D eigenvalue weighted by molar-refractivity contribution is 5.96. The van der Waals surface area contributed by atoms with Crippen LogP contribution in [-0.4, -0.2) is 77.6 Å². The van der Waals surface area contributed by atoms with Crippen LogP contribution in [-0.2, 0) is 4.74 Å². The molecule has 0 bridgehead atoms. The Kier molecular flexibility index (Phi) is 10.1. The predicted molar refractivity (Wildman–Crippen MR) is 175 cm³/mol. The molecule has 2 aromatic rings. The zero-order chi connectivity index (χ0) is 31.4. The van der Waals surface area contributed by atoms with Crippen molar-refractivity contribution < 1.29 is 14.6 Å². The number of aromatic hydroxyl groups is 1. The Hall–Kier alpha value is -3.69. The van der Waals surface area contributed by atoms with Gasteiger partial charge >= 0.3 is 0 Å². The zero-order valence-electron chi connectivity index (χ0n) is 26.6. The fourth-order valence-electron chi connectivity index (χ4n) is 7.03. The number of nitrogens with two attached hydrogens (primary N) is 3. The molecule has 2 unspecified atom stereocenters. The Balaban J connectivity index is 1.28. The molecule has 3 saturated heterocycles. The molecule has 3 fully saturated rings. The number of phenols is 1. The van der Waals surface area contributed by atoms with Gasteiger partial charge in [0.05, 0.1) is 11.8 Å². The number of benzene rings is 2. The minimum atomic E-state index is -0.249. The van der Waals surface area contributed by atoms with Gasteiger partial charge in [-0.25, -0.2) is 0 Å². The van der Waals surface area contributed by atoms with E-state index in [0.29, 0.717) is 36.0 Å². The van der Waals surface area contributed by atoms with Crippen LogP contribution in [0.3, 0.4) is 0 Å². The summed E-state index contributed by atoms with van der Waals surface area (Å²) in [4.78, 5) is 20.4. The molecule has 9 heteroatoms. The van der Waals surface area contributed by atoms with Gasteiger partial charge in [0.1, 0.15) is 17.7 Å². The SMILES string of the molecule is Cc1cc(C2CN(C(/C=C(\N)c3ccccc3O)=C(N)N)CC(C)O2)c(C)cc1C(=O)N1CCC(CN2CCCCC2)CC1. The van der Waals surface area contributed by atoms with Gasteiger partial charge in [-0.1, -0.05) is 24.6 Å².